The van der Waals surface area contributed by atoms with E-state index in [1.807, 2.05) is 53.4 Å². The first-order valence-corrected chi connectivity index (χ1v) is 11.2. The van der Waals surface area contributed by atoms with Gasteiger partial charge in [-0.1, -0.05) is 18.2 Å². The summed E-state index contributed by atoms with van der Waals surface area (Å²) >= 11 is 1.56. The molecule has 0 spiro atoms. The van der Waals surface area contributed by atoms with Crippen LogP contribution >= 0.6 is 11.3 Å². The van der Waals surface area contributed by atoms with Gasteiger partial charge < -0.3 is 18.8 Å². The summed E-state index contributed by atoms with van der Waals surface area (Å²) in [5.41, 5.74) is 2.00. The topological polar surface area (TPSA) is 64.8 Å². The molecule has 0 bridgehead atoms. The molecule has 0 radical (unpaired) electrons. The fourth-order valence-electron chi connectivity index (χ4n) is 4.31. The first kappa shape index (κ1) is 18.4. The molecule has 156 valence electrons. The van der Waals surface area contributed by atoms with E-state index in [0.717, 1.165) is 45.1 Å². The van der Waals surface area contributed by atoms with Gasteiger partial charge in [0.1, 0.15) is 13.2 Å². The number of para-hydroxylation sites is 1. The lowest BCUT2D eigenvalue weighted by atomic mass is 10.0. The number of furan rings is 1. The molecule has 4 heterocycles. The summed E-state index contributed by atoms with van der Waals surface area (Å²) in [6.45, 7) is 1.82. The molecular weight excluding hydrogens is 412 g/mol. The maximum absolute atomic E-state index is 13.3. The summed E-state index contributed by atoms with van der Waals surface area (Å²) < 4.78 is 18.4. The quantitative estimate of drug-likeness (QED) is 0.439. The third-order valence-electron chi connectivity index (χ3n) is 5.79. The highest BCUT2D eigenvalue weighted by molar-refractivity contribution is 7.21. The zero-order chi connectivity index (χ0) is 20.8. The number of likely N-dealkylation sites (tertiary alicyclic amines) is 1. The average Bonchev–Trinajstić information content (AvgIpc) is 3.57. The van der Waals surface area contributed by atoms with Crippen molar-refractivity contribution in [1.29, 1.82) is 0 Å². The number of ether oxygens (including phenoxy) is 2. The van der Waals surface area contributed by atoms with Crippen LogP contribution in [0.15, 0.2) is 59.0 Å². The first-order chi connectivity index (χ1) is 15.3. The molecule has 6 nitrogen and oxygen atoms in total. The van der Waals surface area contributed by atoms with Gasteiger partial charge in [-0.25, -0.2) is 4.98 Å². The van der Waals surface area contributed by atoms with Crippen molar-refractivity contribution >= 4 is 27.5 Å². The van der Waals surface area contributed by atoms with Crippen molar-refractivity contribution in [3.05, 3.63) is 65.9 Å². The number of thiazole rings is 1. The van der Waals surface area contributed by atoms with Crippen molar-refractivity contribution in [2.24, 2.45) is 0 Å². The van der Waals surface area contributed by atoms with Crippen LogP contribution in [0.25, 0.3) is 21.0 Å². The number of aromatic nitrogens is 1. The molecule has 6 rings (SSSR count). The molecule has 0 N–H and O–H groups in total. The third-order valence-corrected chi connectivity index (χ3v) is 6.84. The highest BCUT2D eigenvalue weighted by Gasteiger charge is 2.33. The van der Waals surface area contributed by atoms with Gasteiger partial charge in [0.25, 0.3) is 5.91 Å². The van der Waals surface area contributed by atoms with Crippen molar-refractivity contribution in [2.75, 3.05) is 19.8 Å². The van der Waals surface area contributed by atoms with Crippen molar-refractivity contribution in [3.63, 3.8) is 0 Å². The number of amides is 1. The molecule has 1 atom stereocenters. The number of rotatable bonds is 3. The van der Waals surface area contributed by atoms with Gasteiger partial charge in [-0.05, 0) is 54.8 Å². The Kier molecular flexibility index (Phi) is 4.42. The monoisotopic (exact) mass is 432 g/mol. The second-order valence-corrected chi connectivity index (χ2v) is 8.74. The van der Waals surface area contributed by atoms with E-state index in [9.17, 15) is 4.79 Å². The molecule has 1 amide bonds. The number of hydrogen-bond donors (Lipinski definition) is 0. The van der Waals surface area contributed by atoms with E-state index in [4.69, 9.17) is 13.9 Å². The highest BCUT2D eigenvalue weighted by atomic mass is 32.1. The van der Waals surface area contributed by atoms with E-state index in [1.54, 1.807) is 17.4 Å². The van der Waals surface area contributed by atoms with E-state index in [0.29, 0.717) is 31.3 Å². The predicted molar refractivity (Wildman–Crippen MR) is 118 cm³/mol. The van der Waals surface area contributed by atoms with Gasteiger partial charge >= 0.3 is 0 Å². The molecule has 2 aliphatic rings. The van der Waals surface area contributed by atoms with Crippen LogP contribution in [0.5, 0.6) is 11.5 Å². The summed E-state index contributed by atoms with van der Waals surface area (Å²) in [6, 6.07) is 17.5. The lowest BCUT2D eigenvalue weighted by Crippen LogP contribution is -2.30. The largest absolute Gasteiger partial charge is 0.486 e. The number of nitrogens with zero attached hydrogens (tertiary/aromatic N) is 2. The van der Waals surface area contributed by atoms with Crippen molar-refractivity contribution in [2.45, 2.75) is 18.9 Å². The van der Waals surface area contributed by atoms with Gasteiger partial charge in [0.2, 0.25) is 0 Å². The van der Waals surface area contributed by atoms with Crippen LogP contribution in [0.3, 0.4) is 0 Å². The number of hydrogen-bond acceptors (Lipinski definition) is 6. The zero-order valence-corrected chi connectivity index (χ0v) is 17.6. The number of carbonyl (C=O) groups is 1. The molecule has 4 aromatic rings. The van der Waals surface area contributed by atoms with E-state index in [2.05, 4.69) is 4.98 Å². The van der Waals surface area contributed by atoms with Gasteiger partial charge in [0.15, 0.2) is 28.0 Å². The Morgan fingerprint density at radius 1 is 1.03 bits per heavy atom. The van der Waals surface area contributed by atoms with Crippen molar-refractivity contribution in [1.82, 2.24) is 9.88 Å². The fraction of sp³-hybridized carbons (Fsp3) is 0.250. The van der Waals surface area contributed by atoms with Crippen LogP contribution in [0.4, 0.5) is 0 Å². The summed E-state index contributed by atoms with van der Waals surface area (Å²) in [7, 11) is 0. The maximum atomic E-state index is 13.3. The number of carbonyl (C=O) groups excluding carboxylic acids is 1. The summed E-state index contributed by atoms with van der Waals surface area (Å²) in [5.74, 6) is 2.39. The molecule has 1 fully saturated rings. The van der Waals surface area contributed by atoms with E-state index >= 15 is 0 Å². The average molecular weight is 433 g/mol. The Labute approximate surface area is 183 Å². The van der Waals surface area contributed by atoms with E-state index in [-0.39, 0.29) is 11.9 Å². The number of benzene rings is 2. The summed E-state index contributed by atoms with van der Waals surface area (Å²) in [6.07, 6.45) is 1.87. The van der Waals surface area contributed by atoms with Gasteiger partial charge in [-0.3, -0.25) is 4.79 Å². The maximum Gasteiger partial charge on any atom is 0.290 e. The van der Waals surface area contributed by atoms with E-state index < -0.39 is 0 Å². The van der Waals surface area contributed by atoms with Crippen LogP contribution in [-0.4, -0.2) is 35.5 Å². The molecule has 2 aliphatic heterocycles. The van der Waals surface area contributed by atoms with Gasteiger partial charge in [0, 0.05) is 6.54 Å². The Balaban J connectivity index is 1.27. The van der Waals surface area contributed by atoms with Gasteiger partial charge in [-0.2, -0.15) is 0 Å². The zero-order valence-electron chi connectivity index (χ0n) is 16.7. The summed E-state index contributed by atoms with van der Waals surface area (Å²) in [5, 5.41) is 0.782. The second-order valence-electron chi connectivity index (χ2n) is 7.71. The lowest BCUT2D eigenvalue weighted by Gasteiger charge is -2.26. The van der Waals surface area contributed by atoms with Crippen LogP contribution in [0, 0.1) is 0 Å². The second kappa shape index (κ2) is 7.42. The molecular formula is C24H20N2O4S. The molecule has 2 aromatic carbocycles. The third kappa shape index (κ3) is 3.25. The fourth-order valence-corrected chi connectivity index (χ4v) is 5.24. The van der Waals surface area contributed by atoms with Crippen molar-refractivity contribution in [3.8, 4) is 22.3 Å². The standard InChI is InChI=1S/C24H20N2O4S/c27-24(20-10-9-19(30-20)23-25-16-4-1-2-6-22(16)31-23)26-11-3-5-17(26)15-7-8-18-21(14-15)29-13-12-28-18/h1-2,4,6-10,14,17H,3,5,11-13H2. The van der Waals surface area contributed by atoms with Gasteiger partial charge in [0.05, 0.1) is 16.3 Å². The summed E-state index contributed by atoms with van der Waals surface area (Å²) in [4.78, 5) is 19.8. The Morgan fingerprint density at radius 2 is 1.90 bits per heavy atom. The minimum absolute atomic E-state index is 0.000623. The van der Waals surface area contributed by atoms with Crippen molar-refractivity contribution < 1.29 is 18.7 Å². The minimum Gasteiger partial charge on any atom is -0.486 e. The van der Waals surface area contributed by atoms with Crippen LogP contribution < -0.4 is 9.47 Å². The van der Waals surface area contributed by atoms with E-state index in [1.165, 1.54) is 0 Å². The lowest BCUT2D eigenvalue weighted by molar-refractivity contribution is 0.0703. The molecule has 1 saturated heterocycles. The Hall–Kier alpha value is -3.32. The first-order valence-electron chi connectivity index (χ1n) is 10.4. The predicted octanol–water partition coefficient (Wildman–Crippen LogP) is 5.30. The molecule has 0 aliphatic carbocycles. The normalized spacial score (nSPS) is 17.9. The molecule has 0 saturated carbocycles. The van der Waals surface area contributed by atoms with Crippen LogP contribution in [0.1, 0.15) is 35.0 Å². The number of fused-ring (bicyclic) bond motifs is 2. The Bertz CT molecular complexity index is 1240. The van der Waals surface area contributed by atoms with Gasteiger partial charge in [-0.15, -0.1) is 11.3 Å². The molecule has 7 heteroatoms. The Morgan fingerprint density at radius 3 is 2.81 bits per heavy atom. The smallest absolute Gasteiger partial charge is 0.290 e. The highest BCUT2D eigenvalue weighted by Crippen LogP contribution is 2.39. The molecule has 2 aromatic heterocycles. The SMILES string of the molecule is O=C(c1ccc(-c2nc3ccccc3s2)o1)N1CCCC1c1ccc2c(c1)OCCO2. The van der Waals surface area contributed by atoms with Crippen LogP contribution in [0.2, 0.25) is 0 Å². The molecule has 1 unspecified atom stereocenters. The minimum atomic E-state index is -0.0928. The van der Waals surface area contributed by atoms with Crippen LogP contribution in [-0.2, 0) is 0 Å². The molecule has 31 heavy (non-hydrogen) atoms.